The summed E-state index contributed by atoms with van der Waals surface area (Å²) in [6.45, 7) is 6.56. The molecular weight excluding hydrogens is 578 g/mol. The van der Waals surface area contributed by atoms with Gasteiger partial charge in [-0.25, -0.2) is 13.2 Å². The number of hydrogen-bond acceptors (Lipinski definition) is 9. The lowest BCUT2D eigenvalue weighted by Crippen LogP contribution is -2.50. The number of methoxy groups -OCH3 is 1. The summed E-state index contributed by atoms with van der Waals surface area (Å²) in [4.78, 5) is 27.9. The summed E-state index contributed by atoms with van der Waals surface area (Å²) in [7, 11) is -0.961. The molecule has 0 radical (unpaired) electrons. The fourth-order valence-corrected chi connectivity index (χ4v) is 6.30. The van der Waals surface area contributed by atoms with Crippen molar-refractivity contribution in [3.63, 3.8) is 0 Å². The maximum absolute atomic E-state index is 13.7. The number of carbonyl (C=O) groups is 2. The van der Waals surface area contributed by atoms with Crippen LogP contribution in [0.2, 0.25) is 0 Å². The van der Waals surface area contributed by atoms with Crippen LogP contribution in [-0.2, 0) is 10.0 Å². The number of urea groups is 1. The highest BCUT2D eigenvalue weighted by Gasteiger charge is 2.36. The van der Waals surface area contributed by atoms with Gasteiger partial charge in [0.2, 0.25) is 10.0 Å². The molecule has 2 aromatic carbocycles. The Labute approximate surface area is 250 Å². The van der Waals surface area contributed by atoms with Gasteiger partial charge < -0.3 is 34.6 Å². The summed E-state index contributed by atoms with van der Waals surface area (Å²) in [6, 6.07) is 10.4. The number of aromatic nitrogens is 1. The number of aliphatic hydroxyl groups is 1. The maximum Gasteiger partial charge on any atom is 0.323 e. The lowest BCUT2D eigenvalue weighted by atomic mass is 9.99. The minimum atomic E-state index is -3.96. The molecule has 3 amide bonds. The molecule has 3 atom stereocenters. The zero-order valence-electron chi connectivity index (χ0n) is 24.9. The summed E-state index contributed by atoms with van der Waals surface area (Å²) >= 11 is 0. The van der Waals surface area contributed by atoms with Gasteiger partial charge in [0, 0.05) is 30.9 Å². The van der Waals surface area contributed by atoms with Crippen LogP contribution in [0, 0.1) is 19.8 Å². The van der Waals surface area contributed by atoms with E-state index in [9.17, 15) is 23.1 Å². The van der Waals surface area contributed by atoms with Crippen LogP contribution in [0.15, 0.2) is 51.9 Å². The summed E-state index contributed by atoms with van der Waals surface area (Å²) in [5.74, 6) is 0.346. The number of rotatable bonds is 9. The van der Waals surface area contributed by atoms with Gasteiger partial charge in [-0.1, -0.05) is 12.1 Å². The first kappa shape index (κ1) is 31.8. The molecule has 0 saturated heterocycles. The Balaban J connectivity index is 1.61. The van der Waals surface area contributed by atoms with Gasteiger partial charge in [-0.05, 0) is 63.2 Å². The number of sulfonamides is 1. The number of nitrogens with one attached hydrogen (secondary N) is 2. The average Bonchev–Trinajstić information content (AvgIpc) is 3.33. The fraction of sp³-hybridized carbons (Fsp3) is 0.414. The third-order valence-electron chi connectivity index (χ3n) is 7.34. The van der Waals surface area contributed by atoms with E-state index in [1.807, 2.05) is 6.92 Å². The second kappa shape index (κ2) is 13.0. The molecule has 232 valence electrons. The number of fused-ring (bicyclic) bond motifs is 1. The van der Waals surface area contributed by atoms with E-state index >= 15 is 0 Å². The third kappa shape index (κ3) is 6.92. The highest BCUT2D eigenvalue weighted by Crippen LogP contribution is 2.32. The number of amides is 3. The highest BCUT2D eigenvalue weighted by atomic mass is 32.2. The smallest absolute Gasteiger partial charge is 0.323 e. The second-order valence-corrected chi connectivity index (χ2v) is 12.6. The minimum Gasteiger partial charge on any atom is -0.497 e. The van der Waals surface area contributed by atoms with E-state index in [0.29, 0.717) is 17.1 Å². The highest BCUT2D eigenvalue weighted by molar-refractivity contribution is 7.89. The number of ether oxygens (including phenoxy) is 2. The quantitative estimate of drug-likeness (QED) is 0.327. The SMILES string of the molecule is COc1ccc(NC(=O)Nc2ccc3c(c2)C(=O)N([C@H](C)CO)C[C@H](C)[C@@H](CN(C)S(=O)(=O)c2c(C)noc2C)O3)cc1. The third-order valence-corrected chi connectivity index (χ3v) is 9.41. The number of aliphatic hydroxyl groups excluding tert-OH is 1. The standard InChI is InChI=1S/C29H37N5O8S/c1-17-14-34(18(2)16-35)28(36)24-13-22(31-29(37)30-21-7-10-23(40-6)11-8-21)9-12-25(24)41-26(17)15-33(5)43(38,39)27-19(3)32-42-20(27)4/h7-13,17-18,26,35H,14-16H2,1-6H3,(H2,30,31,37)/t17-,18+,26+/m0/s1. The van der Waals surface area contributed by atoms with Crippen LogP contribution < -0.4 is 20.1 Å². The first-order valence-electron chi connectivity index (χ1n) is 13.7. The van der Waals surface area contributed by atoms with E-state index in [-0.39, 0.29) is 53.3 Å². The molecule has 14 heteroatoms. The van der Waals surface area contributed by atoms with Crippen molar-refractivity contribution in [3.8, 4) is 11.5 Å². The molecule has 4 rings (SSSR count). The Bertz CT molecular complexity index is 1550. The van der Waals surface area contributed by atoms with Gasteiger partial charge in [-0.3, -0.25) is 4.79 Å². The normalized spacial score (nSPS) is 17.9. The summed E-state index contributed by atoms with van der Waals surface area (Å²) in [5.41, 5.74) is 1.29. The molecule has 3 N–H and O–H groups in total. The van der Waals surface area contributed by atoms with Crippen molar-refractivity contribution < 1.29 is 37.1 Å². The number of anilines is 2. The first-order chi connectivity index (χ1) is 20.3. The van der Waals surface area contributed by atoms with Gasteiger partial charge in [0.25, 0.3) is 5.91 Å². The Morgan fingerprint density at radius 3 is 2.44 bits per heavy atom. The van der Waals surface area contributed by atoms with Gasteiger partial charge in [0.15, 0.2) is 5.76 Å². The van der Waals surface area contributed by atoms with Gasteiger partial charge in [-0.2, -0.15) is 4.31 Å². The molecule has 0 spiro atoms. The second-order valence-electron chi connectivity index (χ2n) is 10.6. The fourth-order valence-electron chi connectivity index (χ4n) is 4.84. The largest absolute Gasteiger partial charge is 0.497 e. The van der Waals surface area contributed by atoms with E-state index in [1.165, 1.54) is 29.2 Å². The molecule has 13 nitrogen and oxygen atoms in total. The van der Waals surface area contributed by atoms with E-state index in [2.05, 4.69) is 15.8 Å². The van der Waals surface area contributed by atoms with Crippen molar-refractivity contribution >= 4 is 33.3 Å². The topological polar surface area (TPSA) is 164 Å². The molecule has 1 aliphatic rings. The molecule has 3 aromatic rings. The van der Waals surface area contributed by atoms with Crippen LogP contribution in [0.25, 0.3) is 0 Å². The molecule has 0 saturated carbocycles. The number of hydrogen-bond donors (Lipinski definition) is 3. The lowest BCUT2D eigenvalue weighted by molar-refractivity contribution is 0.0387. The van der Waals surface area contributed by atoms with Crippen LogP contribution in [0.3, 0.4) is 0 Å². The van der Waals surface area contributed by atoms with Gasteiger partial charge >= 0.3 is 6.03 Å². The Hall–Kier alpha value is -4.14. The average molecular weight is 616 g/mol. The zero-order valence-corrected chi connectivity index (χ0v) is 25.8. The maximum atomic E-state index is 13.7. The van der Waals surface area contributed by atoms with Crippen LogP contribution in [0.4, 0.5) is 16.2 Å². The van der Waals surface area contributed by atoms with E-state index in [0.717, 1.165) is 0 Å². The first-order valence-corrected chi connectivity index (χ1v) is 15.1. The summed E-state index contributed by atoms with van der Waals surface area (Å²) in [5, 5.41) is 19.1. The Morgan fingerprint density at radius 1 is 1.19 bits per heavy atom. The molecule has 2 heterocycles. The Morgan fingerprint density at radius 2 is 1.84 bits per heavy atom. The predicted octanol–water partition coefficient (Wildman–Crippen LogP) is 3.48. The molecule has 0 aliphatic carbocycles. The van der Waals surface area contributed by atoms with Gasteiger partial charge in [-0.15, -0.1) is 0 Å². The monoisotopic (exact) mass is 615 g/mol. The molecule has 1 aliphatic heterocycles. The van der Waals surface area contributed by atoms with Crippen molar-refractivity contribution in [3.05, 3.63) is 59.5 Å². The van der Waals surface area contributed by atoms with Gasteiger partial charge in [0.05, 0.1) is 31.9 Å². The van der Waals surface area contributed by atoms with Crippen molar-refractivity contribution in [2.24, 2.45) is 5.92 Å². The van der Waals surface area contributed by atoms with E-state index < -0.39 is 34.1 Å². The number of carbonyl (C=O) groups excluding carboxylic acids is 2. The van der Waals surface area contributed by atoms with Crippen LogP contribution in [0.1, 0.15) is 35.7 Å². The number of benzene rings is 2. The van der Waals surface area contributed by atoms with Crippen molar-refractivity contribution in [1.82, 2.24) is 14.4 Å². The summed E-state index contributed by atoms with van der Waals surface area (Å²) in [6.07, 6.45) is -0.669. The molecule has 0 fully saturated rings. The van der Waals surface area contributed by atoms with E-state index in [1.54, 1.807) is 57.4 Å². The van der Waals surface area contributed by atoms with Gasteiger partial charge in [0.1, 0.15) is 28.2 Å². The molecular formula is C29H37N5O8S. The van der Waals surface area contributed by atoms with Crippen molar-refractivity contribution in [2.45, 2.75) is 44.7 Å². The zero-order chi connectivity index (χ0) is 31.5. The number of likely N-dealkylation sites (N-methyl/N-ethyl adjacent to an activating group) is 1. The summed E-state index contributed by atoms with van der Waals surface area (Å²) < 4.78 is 44.5. The van der Waals surface area contributed by atoms with E-state index in [4.69, 9.17) is 14.0 Å². The van der Waals surface area contributed by atoms with Crippen molar-refractivity contribution in [1.29, 1.82) is 0 Å². The molecule has 0 unspecified atom stereocenters. The van der Waals surface area contributed by atoms with Crippen molar-refractivity contribution in [2.75, 3.05) is 44.5 Å². The van der Waals surface area contributed by atoms with Crippen LogP contribution in [0.5, 0.6) is 11.5 Å². The Kier molecular flexibility index (Phi) is 9.62. The predicted molar refractivity (Wildman–Crippen MR) is 159 cm³/mol. The molecule has 0 bridgehead atoms. The lowest BCUT2D eigenvalue weighted by Gasteiger charge is -2.38. The molecule has 43 heavy (non-hydrogen) atoms. The number of aryl methyl sites for hydroxylation is 2. The van der Waals surface area contributed by atoms with Crippen LogP contribution in [-0.4, -0.2) is 85.8 Å². The minimum absolute atomic E-state index is 0.00300. The molecule has 1 aromatic heterocycles. The van der Waals surface area contributed by atoms with Crippen LogP contribution >= 0.6 is 0 Å². The number of nitrogens with zero attached hydrogens (tertiary/aromatic N) is 3.